The number of allylic oxidation sites excluding steroid dienone is 1. The number of ether oxygens (including phenoxy) is 1. The van der Waals surface area contributed by atoms with Gasteiger partial charge in [0.25, 0.3) is 0 Å². The Morgan fingerprint density at radius 1 is 0.972 bits per heavy atom. The average Bonchev–Trinajstić information content (AvgIpc) is 3.54. The Morgan fingerprint density at radius 2 is 1.78 bits per heavy atom. The zero-order chi connectivity index (χ0) is 25.1. The van der Waals surface area contributed by atoms with Gasteiger partial charge in [-0.25, -0.2) is 4.98 Å². The first-order valence-electron chi connectivity index (χ1n) is 11.4. The molecule has 0 radical (unpaired) electrons. The van der Waals surface area contributed by atoms with E-state index in [-0.39, 0.29) is 17.2 Å². The minimum Gasteiger partial charge on any atom is -0.494 e. The van der Waals surface area contributed by atoms with Crippen molar-refractivity contribution in [3.05, 3.63) is 106 Å². The van der Waals surface area contributed by atoms with Gasteiger partial charge in [-0.3, -0.25) is 4.79 Å². The van der Waals surface area contributed by atoms with Crippen molar-refractivity contribution >= 4 is 51.7 Å². The largest absolute Gasteiger partial charge is 0.494 e. The minimum atomic E-state index is -0.262. The fourth-order valence-electron chi connectivity index (χ4n) is 3.69. The van der Waals surface area contributed by atoms with E-state index in [2.05, 4.69) is 4.98 Å². The van der Waals surface area contributed by atoms with Crippen LogP contribution in [0.2, 0.25) is 10.0 Å². The summed E-state index contributed by atoms with van der Waals surface area (Å²) in [5, 5.41) is 1.04. The number of carbonyl (C=O) groups is 1. The van der Waals surface area contributed by atoms with E-state index in [9.17, 15) is 4.79 Å². The second-order valence-corrected chi connectivity index (χ2v) is 8.92. The van der Waals surface area contributed by atoms with Crippen LogP contribution in [0, 0.1) is 0 Å². The topological polar surface area (TPSA) is 65.5 Å². The molecule has 3 aromatic carbocycles. The van der Waals surface area contributed by atoms with Gasteiger partial charge >= 0.3 is 0 Å². The van der Waals surface area contributed by atoms with Crippen molar-refractivity contribution in [1.82, 2.24) is 4.98 Å². The van der Waals surface area contributed by atoms with Crippen molar-refractivity contribution in [1.29, 1.82) is 0 Å². The molecule has 5 rings (SSSR count). The van der Waals surface area contributed by atoms with Crippen LogP contribution >= 0.6 is 23.2 Å². The fourth-order valence-corrected chi connectivity index (χ4v) is 4.08. The monoisotopic (exact) mass is 517 g/mol. The number of furan rings is 1. The van der Waals surface area contributed by atoms with E-state index in [1.54, 1.807) is 66.7 Å². The zero-order valence-corrected chi connectivity index (χ0v) is 20.8. The molecule has 0 N–H and O–H groups in total. The lowest BCUT2D eigenvalue weighted by Crippen LogP contribution is -2.03. The molecule has 0 fully saturated rings. The Hall–Kier alpha value is -3.80. The van der Waals surface area contributed by atoms with Crippen molar-refractivity contribution < 1.29 is 18.4 Å². The smallest absolute Gasteiger partial charge is 0.231 e. The van der Waals surface area contributed by atoms with Crippen LogP contribution in [0.1, 0.15) is 35.4 Å². The molecule has 2 heterocycles. The molecule has 0 unspecified atom stereocenters. The Labute approximate surface area is 217 Å². The highest BCUT2D eigenvalue weighted by molar-refractivity contribution is 6.35. The van der Waals surface area contributed by atoms with Crippen molar-refractivity contribution in [3.8, 4) is 17.1 Å². The van der Waals surface area contributed by atoms with E-state index in [4.69, 9.17) is 36.8 Å². The Balaban J connectivity index is 1.55. The minimum absolute atomic E-state index is 0.200. The zero-order valence-electron chi connectivity index (χ0n) is 19.3. The molecule has 0 aliphatic heterocycles. The van der Waals surface area contributed by atoms with Crippen LogP contribution in [0.4, 0.5) is 0 Å². The third-order valence-electron chi connectivity index (χ3n) is 5.47. The second-order valence-electron chi connectivity index (χ2n) is 8.07. The van der Waals surface area contributed by atoms with Crippen LogP contribution in [-0.4, -0.2) is 17.4 Å². The summed E-state index contributed by atoms with van der Waals surface area (Å²) in [7, 11) is 0. The van der Waals surface area contributed by atoms with E-state index in [1.165, 1.54) is 0 Å². The number of para-hydroxylation sites is 2. The molecular formula is C29H21Cl2NO4. The summed E-state index contributed by atoms with van der Waals surface area (Å²) in [6.45, 7) is 2.65. The van der Waals surface area contributed by atoms with Crippen molar-refractivity contribution in [2.45, 2.75) is 13.3 Å². The quantitative estimate of drug-likeness (QED) is 0.152. The molecule has 2 aromatic heterocycles. The van der Waals surface area contributed by atoms with E-state index in [1.807, 2.05) is 25.1 Å². The van der Waals surface area contributed by atoms with Crippen LogP contribution in [0.3, 0.4) is 0 Å². The third kappa shape index (κ3) is 5.08. The first-order valence-corrected chi connectivity index (χ1v) is 12.2. The van der Waals surface area contributed by atoms with Crippen molar-refractivity contribution in [2.75, 3.05) is 6.61 Å². The summed E-state index contributed by atoms with van der Waals surface area (Å²) < 4.78 is 17.6. The van der Waals surface area contributed by atoms with Crippen molar-refractivity contribution in [2.24, 2.45) is 0 Å². The van der Waals surface area contributed by atoms with E-state index in [0.29, 0.717) is 56.1 Å². The number of fused-ring (bicyclic) bond motifs is 1. The van der Waals surface area contributed by atoms with Crippen LogP contribution in [0.25, 0.3) is 34.1 Å². The Morgan fingerprint density at radius 3 is 2.56 bits per heavy atom. The Kier molecular flexibility index (Phi) is 6.94. The van der Waals surface area contributed by atoms with E-state index >= 15 is 0 Å². The number of benzene rings is 3. The maximum Gasteiger partial charge on any atom is 0.231 e. The number of Topliss-reactive ketones (excluding diaryl/α,β-unsaturated/α-hetero) is 1. The average molecular weight is 518 g/mol. The number of rotatable bonds is 8. The predicted molar refractivity (Wildman–Crippen MR) is 143 cm³/mol. The maximum absolute atomic E-state index is 13.6. The molecule has 5 aromatic rings. The molecule has 0 saturated heterocycles. The number of aromatic nitrogens is 1. The maximum atomic E-state index is 13.6. The fraction of sp³-hybridized carbons (Fsp3) is 0.103. The summed E-state index contributed by atoms with van der Waals surface area (Å²) >= 11 is 12.5. The van der Waals surface area contributed by atoms with Crippen molar-refractivity contribution in [3.63, 3.8) is 0 Å². The van der Waals surface area contributed by atoms with Gasteiger partial charge < -0.3 is 13.6 Å². The first-order chi connectivity index (χ1) is 17.5. The summed E-state index contributed by atoms with van der Waals surface area (Å²) in [4.78, 5) is 18.2. The number of halogens is 2. The summed E-state index contributed by atoms with van der Waals surface area (Å²) in [5.41, 5.74) is 2.62. The molecule has 0 amide bonds. The standard InChI is InChI=1S/C29H21Cl2NO4/c1-2-15-34-20-10-7-18(8-11-20)28(33)23(29-32-25-5-3-4-6-27(25)36-29)17-21-12-14-26(35-21)22-16-19(30)9-13-24(22)31/h3-14,16-17H,2,15H2,1H3/b23-17-. The number of oxazole rings is 1. The number of nitrogens with zero attached hydrogens (tertiary/aromatic N) is 1. The SMILES string of the molecule is CCCOc1ccc(C(=O)/C(=C/c2ccc(-c3cc(Cl)ccc3Cl)o2)c2nc3ccccc3o2)cc1. The van der Waals surface area contributed by atoms with Gasteiger partial charge in [-0.1, -0.05) is 42.3 Å². The summed E-state index contributed by atoms with van der Waals surface area (Å²) in [6.07, 6.45) is 2.52. The highest BCUT2D eigenvalue weighted by Gasteiger charge is 2.21. The molecule has 7 heteroatoms. The van der Waals surface area contributed by atoms with Gasteiger partial charge in [0.05, 0.1) is 17.2 Å². The normalized spacial score (nSPS) is 11.7. The predicted octanol–water partition coefficient (Wildman–Crippen LogP) is 8.61. The highest BCUT2D eigenvalue weighted by atomic mass is 35.5. The third-order valence-corrected chi connectivity index (χ3v) is 6.03. The lowest BCUT2D eigenvalue weighted by molar-refractivity contribution is 0.105. The number of ketones is 1. The summed E-state index contributed by atoms with van der Waals surface area (Å²) in [5.74, 6) is 1.61. The first kappa shape index (κ1) is 23.9. The van der Waals surface area contributed by atoms with Crippen LogP contribution < -0.4 is 4.74 Å². The lowest BCUT2D eigenvalue weighted by Gasteiger charge is -2.06. The molecule has 0 atom stereocenters. The molecule has 0 aliphatic rings. The lowest BCUT2D eigenvalue weighted by atomic mass is 10.0. The van der Waals surface area contributed by atoms with Crippen LogP contribution in [-0.2, 0) is 0 Å². The number of hydrogen-bond donors (Lipinski definition) is 0. The molecular weight excluding hydrogens is 497 g/mol. The molecule has 0 bridgehead atoms. The number of hydrogen-bond acceptors (Lipinski definition) is 5. The van der Waals surface area contributed by atoms with Gasteiger partial charge in [-0.15, -0.1) is 0 Å². The number of carbonyl (C=O) groups excluding carboxylic acids is 1. The van der Waals surface area contributed by atoms with E-state index in [0.717, 1.165) is 6.42 Å². The van der Waals surface area contributed by atoms with Gasteiger partial charge in [0.2, 0.25) is 5.89 Å². The Bertz CT molecular complexity index is 1530. The van der Waals surface area contributed by atoms with Gasteiger partial charge in [-0.2, -0.15) is 0 Å². The summed E-state index contributed by atoms with van der Waals surface area (Å²) in [6, 6.07) is 23.0. The molecule has 0 aliphatic carbocycles. The highest BCUT2D eigenvalue weighted by Crippen LogP contribution is 2.33. The van der Waals surface area contributed by atoms with E-state index < -0.39 is 0 Å². The van der Waals surface area contributed by atoms with Crippen LogP contribution in [0.15, 0.2) is 87.7 Å². The molecule has 36 heavy (non-hydrogen) atoms. The van der Waals surface area contributed by atoms with Crippen LogP contribution in [0.5, 0.6) is 5.75 Å². The van der Waals surface area contributed by atoms with Gasteiger partial charge in [0, 0.05) is 16.1 Å². The van der Waals surface area contributed by atoms with Gasteiger partial charge in [0.1, 0.15) is 22.8 Å². The van der Waals surface area contributed by atoms with Gasteiger partial charge in [0.15, 0.2) is 11.4 Å². The molecule has 0 spiro atoms. The second kappa shape index (κ2) is 10.4. The molecule has 180 valence electrons. The van der Waals surface area contributed by atoms with Gasteiger partial charge in [-0.05, 0) is 79.2 Å². The molecule has 5 nitrogen and oxygen atoms in total. The molecule has 0 saturated carbocycles.